The quantitative estimate of drug-likeness (QED) is 0.672. The van der Waals surface area contributed by atoms with Gasteiger partial charge in [-0.1, -0.05) is 19.9 Å². The summed E-state index contributed by atoms with van der Waals surface area (Å²) in [5, 5.41) is 7.83. The summed E-state index contributed by atoms with van der Waals surface area (Å²) in [6.07, 6.45) is 1.81. The Morgan fingerprint density at radius 1 is 1.11 bits per heavy atom. The molecule has 10 nitrogen and oxygen atoms in total. The molecule has 202 valence electrons. The Balaban J connectivity index is 1.60. The van der Waals surface area contributed by atoms with Crippen molar-refractivity contribution in [1.29, 1.82) is 0 Å². The van der Waals surface area contributed by atoms with Crippen LogP contribution in [0.3, 0.4) is 0 Å². The lowest BCUT2D eigenvalue weighted by Crippen LogP contribution is -2.47. The molecule has 0 bridgehead atoms. The van der Waals surface area contributed by atoms with E-state index in [1.165, 1.54) is 0 Å². The maximum absolute atomic E-state index is 13.1. The monoisotopic (exact) mass is 512 g/mol. The average molecular weight is 513 g/mol. The Morgan fingerprint density at radius 2 is 1.86 bits per heavy atom. The van der Waals surface area contributed by atoms with Gasteiger partial charge in [-0.15, -0.1) is 0 Å². The predicted molar refractivity (Wildman–Crippen MR) is 139 cm³/mol. The molecule has 0 radical (unpaired) electrons. The SMILES string of the molecule is Cc1nc2n(n1)CCN(Cc1ccc3c(c1)OCCO3)CCCC(=O)N(C)[C@@H](C)C(=O)N[C@@H]2CC(C)C. The Labute approximate surface area is 219 Å². The third-order valence-electron chi connectivity index (χ3n) is 7.00. The van der Waals surface area contributed by atoms with Crippen LogP contribution in [-0.2, 0) is 22.7 Å². The average Bonchev–Trinajstić information content (AvgIpc) is 3.25. The molecule has 2 atom stereocenters. The largest absolute Gasteiger partial charge is 0.486 e. The van der Waals surface area contributed by atoms with E-state index in [1.807, 2.05) is 23.7 Å². The van der Waals surface area contributed by atoms with Crippen molar-refractivity contribution in [2.75, 3.05) is 33.4 Å². The van der Waals surface area contributed by atoms with Gasteiger partial charge in [-0.05, 0) is 56.8 Å². The molecule has 1 aromatic heterocycles. The van der Waals surface area contributed by atoms with Gasteiger partial charge in [0.05, 0.1) is 12.6 Å². The summed E-state index contributed by atoms with van der Waals surface area (Å²) in [4.78, 5) is 34.6. The van der Waals surface area contributed by atoms with Crippen molar-refractivity contribution in [2.24, 2.45) is 5.92 Å². The van der Waals surface area contributed by atoms with Gasteiger partial charge in [0.15, 0.2) is 11.5 Å². The van der Waals surface area contributed by atoms with E-state index < -0.39 is 6.04 Å². The second-order valence-electron chi connectivity index (χ2n) is 10.5. The van der Waals surface area contributed by atoms with E-state index in [-0.39, 0.29) is 17.9 Å². The lowest BCUT2D eigenvalue weighted by Gasteiger charge is -2.29. The van der Waals surface area contributed by atoms with E-state index in [1.54, 1.807) is 18.9 Å². The molecule has 0 fully saturated rings. The second kappa shape index (κ2) is 11.9. The zero-order valence-corrected chi connectivity index (χ0v) is 22.7. The van der Waals surface area contributed by atoms with Gasteiger partial charge in [0, 0.05) is 26.6 Å². The van der Waals surface area contributed by atoms with E-state index in [9.17, 15) is 9.59 Å². The molecule has 3 heterocycles. The summed E-state index contributed by atoms with van der Waals surface area (Å²) >= 11 is 0. The highest BCUT2D eigenvalue weighted by molar-refractivity contribution is 5.87. The highest BCUT2D eigenvalue weighted by Crippen LogP contribution is 2.31. The molecule has 10 heteroatoms. The van der Waals surface area contributed by atoms with Gasteiger partial charge in [0.25, 0.3) is 0 Å². The molecular weight excluding hydrogens is 472 g/mol. The highest BCUT2D eigenvalue weighted by atomic mass is 16.6. The second-order valence-corrected chi connectivity index (χ2v) is 10.5. The Morgan fingerprint density at radius 3 is 2.62 bits per heavy atom. The molecule has 0 saturated heterocycles. The number of hydrogen-bond donors (Lipinski definition) is 1. The molecule has 1 aromatic carbocycles. The minimum absolute atomic E-state index is 0.0293. The van der Waals surface area contributed by atoms with Crippen molar-refractivity contribution in [1.82, 2.24) is 29.9 Å². The minimum Gasteiger partial charge on any atom is -0.486 e. The first-order valence-electron chi connectivity index (χ1n) is 13.3. The van der Waals surface area contributed by atoms with Crippen molar-refractivity contribution >= 4 is 11.8 Å². The normalized spacial score (nSPS) is 21.9. The van der Waals surface area contributed by atoms with Crippen molar-refractivity contribution < 1.29 is 19.1 Å². The first-order valence-corrected chi connectivity index (χ1v) is 13.3. The number of nitrogens with one attached hydrogen (secondary N) is 1. The van der Waals surface area contributed by atoms with E-state index in [0.717, 1.165) is 42.4 Å². The molecule has 2 aliphatic rings. The van der Waals surface area contributed by atoms with Crippen LogP contribution in [0.1, 0.15) is 63.3 Å². The number of fused-ring (bicyclic) bond motifs is 2. The van der Waals surface area contributed by atoms with Crippen LogP contribution in [0.2, 0.25) is 0 Å². The number of rotatable bonds is 4. The number of aromatic nitrogens is 3. The Bertz CT molecular complexity index is 1100. The molecule has 2 aliphatic heterocycles. The van der Waals surface area contributed by atoms with Crippen LogP contribution in [0.4, 0.5) is 0 Å². The number of ether oxygens (including phenoxy) is 2. The van der Waals surface area contributed by atoms with Crippen molar-refractivity contribution in [3.05, 3.63) is 35.4 Å². The summed E-state index contributed by atoms with van der Waals surface area (Å²) in [7, 11) is 1.70. The standard InChI is InChI=1S/C27H40N6O4/c1-18(2)15-22-26-28-20(4)30-33(26)12-11-32(10-6-7-25(34)31(5)19(3)27(35)29-22)17-21-8-9-23-24(16-21)37-14-13-36-23/h8-9,16,18-19,22H,6-7,10-15,17H2,1-5H3,(H,29,35)/t19-,22+/m0/s1. The Kier molecular flexibility index (Phi) is 8.68. The zero-order chi connectivity index (χ0) is 26.5. The molecule has 37 heavy (non-hydrogen) atoms. The fraction of sp³-hybridized carbons (Fsp3) is 0.630. The predicted octanol–water partition coefficient (Wildman–Crippen LogP) is 2.70. The van der Waals surface area contributed by atoms with Crippen LogP contribution < -0.4 is 14.8 Å². The summed E-state index contributed by atoms with van der Waals surface area (Å²) in [6.45, 7) is 11.8. The van der Waals surface area contributed by atoms with Gasteiger partial charge in [0.2, 0.25) is 11.8 Å². The lowest BCUT2D eigenvalue weighted by molar-refractivity contribution is -0.138. The van der Waals surface area contributed by atoms with Crippen LogP contribution in [0, 0.1) is 12.8 Å². The molecule has 1 N–H and O–H groups in total. The molecule has 4 rings (SSSR count). The molecule has 0 unspecified atom stereocenters. The fourth-order valence-electron chi connectivity index (χ4n) is 4.86. The smallest absolute Gasteiger partial charge is 0.243 e. The van der Waals surface area contributed by atoms with Gasteiger partial charge < -0.3 is 19.7 Å². The van der Waals surface area contributed by atoms with Gasteiger partial charge in [-0.3, -0.25) is 14.5 Å². The highest BCUT2D eigenvalue weighted by Gasteiger charge is 2.28. The summed E-state index contributed by atoms with van der Waals surface area (Å²) in [5.74, 6) is 3.14. The number of benzene rings is 1. The number of carbonyl (C=O) groups excluding carboxylic acids is 2. The number of amides is 2. The van der Waals surface area contributed by atoms with E-state index in [0.29, 0.717) is 50.9 Å². The summed E-state index contributed by atoms with van der Waals surface area (Å²) in [6, 6.07) is 5.22. The fourth-order valence-corrected chi connectivity index (χ4v) is 4.86. The summed E-state index contributed by atoms with van der Waals surface area (Å²) < 4.78 is 13.4. The van der Waals surface area contributed by atoms with Crippen molar-refractivity contribution in [2.45, 2.75) is 72.1 Å². The van der Waals surface area contributed by atoms with Gasteiger partial charge >= 0.3 is 0 Å². The van der Waals surface area contributed by atoms with Gasteiger partial charge in [-0.25, -0.2) is 9.67 Å². The molecule has 2 amide bonds. The van der Waals surface area contributed by atoms with Crippen LogP contribution >= 0.6 is 0 Å². The van der Waals surface area contributed by atoms with E-state index >= 15 is 0 Å². The molecule has 0 saturated carbocycles. The number of carbonyl (C=O) groups is 2. The van der Waals surface area contributed by atoms with E-state index in [4.69, 9.17) is 14.5 Å². The number of nitrogens with zero attached hydrogens (tertiary/aromatic N) is 5. The number of hydrogen-bond acceptors (Lipinski definition) is 7. The first kappa shape index (κ1) is 26.9. The molecule has 0 aliphatic carbocycles. The maximum Gasteiger partial charge on any atom is 0.243 e. The maximum atomic E-state index is 13.1. The van der Waals surface area contributed by atoms with Gasteiger partial charge in [-0.2, -0.15) is 5.10 Å². The third kappa shape index (κ3) is 6.80. The summed E-state index contributed by atoms with van der Waals surface area (Å²) in [5.41, 5.74) is 1.13. The zero-order valence-electron chi connectivity index (χ0n) is 22.7. The lowest BCUT2D eigenvalue weighted by atomic mass is 10.0. The van der Waals surface area contributed by atoms with Crippen LogP contribution in [0.25, 0.3) is 0 Å². The van der Waals surface area contributed by atoms with Crippen molar-refractivity contribution in [3.63, 3.8) is 0 Å². The Hall–Kier alpha value is -3.14. The first-order chi connectivity index (χ1) is 17.7. The van der Waals surface area contributed by atoms with Crippen LogP contribution in [0.5, 0.6) is 11.5 Å². The topological polar surface area (TPSA) is 102 Å². The van der Waals surface area contributed by atoms with Crippen LogP contribution in [0.15, 0.2) is 18.2 Å². The van der Waals surface area contributed by atoms with Gasteiger partial charge in [0.1, 0.15) is 30.9 Å². The number of likely N-dealkylation sites (N-methyl/N-ethyl adjacent to an activating group) is 1. The van der Waals surface area contributed by atoms with Crippen LogP contribution in [-0.4, -0.2) is 75.8 Å². The third-order valence-corrected chi connectivity index (χ3v) is 7.00. The minimum atomic E-state index is -0.573. The molecule has 2 aromatic rings. The number of aryl methyl sites for hydroxylation is 1. The van der Waals surface area contributed by atoms with E-state index in [2.05, 4.69) is 35.2 Å². The molecular formula is C27H40N6O4. The van der Waals surface area contributed by atoms with Crippen molar-refractivity contribution in [3.8, 4) is 11.5 Å². The molecule has 0 spiro atoms.